The number of hydrogen-bond donors (Lipinski definition) is 0. The van der Waals surface area contributed by atoms with Crippen molar-refractivity contribution < 1.29 is 19.0 Å². The topological polar surface area (TPSA) is 44.8 Å². The van der Waals surface area contributed by atoms with Gasteiger partial charge in [0, 0.05) is 13.0 Å². The van der Waals surface area contributed by atoms with Crippen LogP contribution in [0.3, 0.4) is 0 Å². The highest BCUT2D eigenvalue weighted by atomic mass is 79.9. The maximum Gasteiger partial charge on any atom is 0.247 e. The molecule has 0 aromatic rings. The number of methoxy groups -OCH3 is 2. The highest BCUT2D eigenvalue weighted by Gasteiger charge is 2.77. The number of halogens is 1. The maximum atomic E-state index is 12.7. The molecule has 18 heavy (non-hydrogen) atoms. The third kappa shape index (κ3) is 0.928. The van der Waals surface area contributed by atoms with Crippen molar-refractivity contribution in [3.8, 4) is 0 Å². The summed E-state index contributed by atoms with van der Waals surface area (Å²) in [7, 11) is 3.07. The third-order valence-corrected chi connectivity index (χ3v) is 5.81. The fourth-order valence-electron chi connectivity index (χ4n) is 3.52. The summed E-state index contributed by atoms with van der Waals surface area (Å²) < 4.78 is 15.9. The van der Waals surface area contributed by atoms with E-state index in [0.29, 0.717) is 12.4 Å². The van der Waals surface area contributed by atoms with Crippen LogP contribution in [-0.4, -0.2) is 36.7 Å². The number of ether oxygens (including phenoxy) is 3. The second-order valence-corrected chi connectivity index (χ2v) is 6.46. The van der Waals surface area contributed by atoms with Crippen molar-refractivity contribution in [2.24, 2.45) is 11.3 Å². The van der Waals surface area contributed by atoms with Crippen LogP contribution in [0.1, 0.15) is 6.92 Å². The lowest BCUT2D eigenvalue weighted by molar-refractivity contribution is -0.295. The van der Waals surface area contributed by atoms with Gasteiger partial charge in [0.05, 0.1) is 13.7 Å². The molecule has 5 heteroatoms. The van der Waals surface area contributed by atoms with Gasteiger partial charge in [-0.25, -0.2) is 0 Å². The van der Waals surface area contributed by atoms with Crippen LogP contribution in [0, 0.1) is 11.3 Å². The molecule has 0 N–H and O–H groups in total. The smallest absolute Gasteiger partial charge is 0.247 e. The highest BCUT2D eigenvalue weighted by molar-refractivity contribution is 9.10. The van der Waals surface area contributed by atoms with Gasteiger partial charge in [-0.05, 0) is 13.0 Å². The third-order valence-electron chi connectivity index (χ3n) is 4.67. The minimum Gasteiger partial charge on any atom is -0.500 e. The van der Waals surface area contributed by atoms with E-state index in [1.165, 1.54) is 7.11 Å². The lowest BCUT2D eigenvalue weighted by Crippen LogP contribution is -2.76. The molecule has 2 aliphatic heterocycles. The summed E-state index contributed by atoms with van der Waals surface area (Å²) in [5, 5.41) is 0. The second-order valence-electron chi connectivity index (χ2n) is 5.14. The van der Waals surface area contributed by atoms with Crippen molar-refractivity contribution >= 4 is 21.7 Å². The van der Waals surface area contributed by atoms with E-state index in [1.807, 2.05) is 13.0 Å². The van der Waals surface area contributed by atoms with E-state index in [4.69, 9.17) is 14.2 Å². The Labute approximate surface area is 114 Å². The molecule has 2 heterocycles. The summed E-state index contributed by atoms with van der Waals surface area (Å²) >= 11 is 3.55. The monoisotopic (exact) mass is 314 g/mol. The molecule has 0 aromatic carbocycles. The van der Waals surface area contributed by atoms with Gasteiger partial charge in [0.2, 0.25) is 11.6 Å². The minimum atomic E-state index is -1.33. The van der Waals surface area contributed by atoms with Crippen molar-refractivity contribution in [1.82, 2.24) is 0 Å². The van der Waals surface area contributed by atoms with Gasteiger partial charge in [0.15, 0.2) is 0 Å². The number of fused-ring (bicyclic) bond motifs is 1. The fraction of sp³-hybridized carbons (Fsp3) is 0.615. The molecule has 4 unspecified atom stereocenters. The summed E-state index contributed by atoms with van der Waals surface area (Å²) in [4.78, 5) is 12.7. The SMILES string of the molecule is C=C1C2COC3(OC)C(=O)C2(Br)C=C(OC)C13C. The van der Waals surface area contributed by atoms with E-state index in [0.717, 1.165) is 5.57 Å². The first-order chi connectivity index (χ1) is 8.38. The number of allylic oxidation sites excluding steroid dienone is 1. The van der Waals surface area contributed by atoms with Crippen LogP contribution < -0.4 is 0 Å². The van der Waals surface area contributed by atoms with Gasteiger partial charge >= 0.3 is 0 Å². The Balaban J connectivity index is 2.36. The van der Waals surface area contributed by atoms with Crippen LogP contribution in [0.15, 0.2) is 24.0 Å². The van der Waals surface area contributed by atoms with E-state index < -0.39 is 15.5 Å². The Morgan fingerprint density at radius 3 is 2.78 bits per heavy atom. The second kappa shape index (κ2) is 3.26. The number of carbonyl (C=O) groups is 1. The average Bonchev–Trinajstić information content (AvgIpc) is 2.35. The van der Waals surface area contributed by atoms with E-state index in [2.05, 4.69) is 22.5 Å². The molecule has 5 aliphatic rings. The van der Waals surface area contributed by atoms with Gasteiger partial charge in [-0.15, -0.1) is 0 Å². The molecule has 0 amide bonds. The molecule has 98 valence electrons. The van der Waals surface area contributed by atoms with Crippen LogP contribution in [0.25, 0.3) is 0 Å². The normalized spacial score (nSPS) is 49.6. The number of ketones is 1. The zero-order valence-corrected chi connectivity index (χ0v) is 12.2. The van der Waals surface area contributed by atoms with Crippen LogP contribution >= 0.6 is 15.9 Å². The van der Waals surface area contributed by atoms with Gasteiger partial charge in [-0.2, -0.15) is 0 Å². The first-order valence-corrected chi connectivity index (χ1v) is 6.57. The first kappa shape index (κ1) is 12.4. The molecular weight excluding hydrogens is 300 g/mol. The number of Topliss-reactive ketones (excluding diaryl/α,β-unsaturated/α-hetero) is 1. The van der Waals surface area contributed by atoms with Gasteiger partial charge in [0.25, 0.3) is 0 Å². The summed E-state index contributed by atoms with van der Waals surface area (Å²) in [6.07, 6.45) is 1.84. The summed E-state index contributed by atoms with van der Waals surface area (Å²) in [6.45, 7) is 6.48. The quantitative estimate of drug-likeness (QED) is 0.576. The molecule has 3 aliphatic carbocycles. The molecule has 3 fully saturated rings. The first-order valence-electron chi connectivity index (χ1n) is 5.78. The Morgan fingerprint density at radius 1 is 1.56 bits per heavy atom. The predicted octanol–water partition coefficient (Wildman–Crippen LogP) is 1.80. The average molecular weight is 315 g/mol. The minimum absolute atomic E-state index is 0.0778. The molecule has 2 saturated heterocycles. The van der Waals surface area contributed by atoms with Crippen molar-refractivity contribution in [2.75, 3.05) is 20.8 Å². The molecule has 0 spiro atoms. The Kier molecular flexibility index (Phi) is 2.25. The van der Waals surface area contributed by atoms with E-state index in [1.54, 1.807) is 7.11 Å². The van der Waals surface area contributed by atoms with Gasteiger partial charge in [-0.3, -0.25) is 4.79 Å². The fourth-order valence-corrected chi connectivity index (χ4v) is 4.40. The van der Waals surface area contributed by atoms with Gasteiger partial charge in [-0.1, -0.05) is 28.1 Å². The largest absolute Gasteiger partial charge is 0.500 e. The predicted molar refractivity (Wildman–Crippen MR) is 68.2 cm³/mol. The lowest BCUT2D eigenvalue weighted by Gasteiger charge is -2.64. The van der Waals surface area contributed by atoms with Crippen molar-refractivity contribution in [2.45, 2.75) is 17.0 Å². The highest BCUT2D eigenvalue weighted by Crippen LogP contribution is 2.67. The zero-order valence-electron chi connectivity index (χ0n) is 10.6. The molecule has 1 saturated carbocycles. The number of carbonyl (C=O) groups excluding carboxylic acids is 1. The molecule has 5 rings (SSSR count). The van der Waals surface area contributed by atoms with E-state index >= 15 is 0 Å². The molecule has 0 radical (unpaired) electrons. The summed E-state index contributed by atoms with van der Waals surface area (Å²) in [6, 6.07) is 0. The Hall–Kier alpha value is -0.650. The molecule has 4 nitrogen and oxygen atoms in total. The van der Waals surface area contributed by atoms with E-state index in [9.17, 15) is 4.79 Å². The van der Waals surface area contributed by atoms with Gasteiger partial charge < -0.3 is 14.2 Å². The Morgan fingerprint density at radius 2 is 2.22 bits per heavy atom. The molecular formula is C13H15BrO4. The van der Waals surface area contributed by atoms with Crippen LogP contribution in [0.5, 0.6) is 0 Å². The zero-order chi connectivity index (χ0) is 13.3. The molecule has 4 atom stereocenters. The van der Waals surface area contributed by atoms with Crippen molar-refractivity contribution in [3.63, 3.8) is 0 Å². The molecule has 0 aromatic heterocycles. The summed E-state index contributed by atoms with van der Waals surface area (Å²) in [5.74, 6) is -0.847. The molecule has 4 bridgehead atoms. The number of rotatable bonds is 2. The summed E-state index contributed by atoms with van der Waals surface area (Å²) in [5.41, 5.74) is 0.165. The van der Waals surface area contributed by atoms with Crippen LogP contribution in [-0.2, 0) is 19.0 Å². The Bertz CT molecular complexity index is 499. The standard InChI is InChI=1S/C13H15BrO4/c1-7-8-6-18-13(17-4)10(15)12(8,14)5-9(16-3)11(7,13)2/h5,8H,1,6H2,2-4H3. The van der Waals surface area contributed by atoms with Crippen LogP contribution in [0.2, 0.25) is 0 Å². The number of hydrogen-bond acceptors (Lipinski definition) is 4. The number of alkyl halides is 1. The van der Waals surface area contributed by atoms with Crippen LogP contribution in [0.4, 0.5) is 0 Å². The van der Waals surface area contributed by atoms with Crippen molar-refractivity contribution in [1.29, 1.82) is 0 Å². The van der Waals surface area contributed by atoms with Gasteiger partial charge in [0.1, 0.15) is 15.5 Å². The lowest BCUT2D eigenvalue weighted by atomic mass is 9.52. The van der Waals surface area contributed by atoms with E-state index in [-0.39, 0.29) is 11.7 Å². The van der Waals surface area contributed by atoms with Crippen molar-refractivity contribution in [3.05, 3.63) is 24.0 Å². The maximum absolute atomic E-state index is 12.7.